The minimum atomic E-state index is -0.850. The van der Waals surface area contributed by atoms with Crippen molar-refractivity contribution in [2.45, 2.75) is 39.5 Å². The molecule has 1 aromatic carbocycles. The van der Waals surface area contributed by atoms with Crippen LogP contribution in [0.5, 0.6) is 0 Å². The Labute approximate surface area is 194 Å². The van der Waals surface area contributed by atoms with Gasteiger partial charge in [-0.2, -0.15) is 4.68 Å². The molecule has 2 amide bonds. The fourth-order valence-corrected chi connectivity index (χ4v) is 4.72. The number of hydroxylamine groups is 1. The normalized spacial score (nSPS) is 13.1. The molecular weight excluding hydrogens is 444 g/mol. The Hall–Kier alpha value is -3.24. The summed E-state index contributed by atoms with van der Waals surface area (Å²) in [5.74, 6) is -2.92. The maximum Gasteiger partial charge on any atom is 0.348 e. The Bertz CT molecular complexity index is 1210. The topological polar surface area (TPSA) is 133 Å². The van der Waals surface area contributed by atoms with Gasteiger partial charge in [0.1, 0.15) is 0 Å². The van der Waals surface area contributed by atoms with E-state index in [1.807, 2.05) is 44.2 Å². The summed E-state index contributed by atoms with van der Waals surface area (Å²) < 4.78 is 0.641. The molecule has 10 heteroatoms. The molecule has 0 radical (unpaired) electrons. The van der Waals surface area contributed by atoms with Gasteiger partial charge in [0.25, 0.3) is 5.56 Å². The van der Waals surface area contributed by atoms with Gasteiger partial charge < -0.3 is 4.98 Å². The number of H-pyrrole nitrogens is 1. The van der Waals surface area contributed by atoms with Crippen molar-refractivity contribution in [2.24, 2.45) is 17.8 Å². The van der Waals surface area contributed by atoms with Gasteiger partial charge in [0.05, 0.1) is 22.7 Å². The van der Waals surface area contributed by atoms with Crippen LogP contribution in [0.3, 0.4) is 0 Å². The molecule has 0 saturated heterocycles. The Morgan fingerprint density at radius 3 is 2.48 bits per heavy atom. The first-order valence-corrected chi connectivity index (χ1v) is 11.8. The largest absolute Gasteiger partial charge is 0.348 e. The van der Waals surface area contributed by atoms with Gasteiger partial charge in [0, 0.05) is 10.8 Å². The molecule has 0 spiro atoms. The molecule has 2 aromatic heterocycles. The maximum atomic E-state index is 13.2. The number of amides is 2. The van der Waals surface area contributed by atoms with Crippen LogP contribution in [0.25, 0.3) is 10.9 Å². The Morgan fingerprint density at radius 1 is 1.09 bits per heavy atom. The van der Waals surface area contributed by atoms with Crippen LogP contribution in [-0.4, -0.2) is 26.7 Å². The molecule has 3 rings (SSSR count). The van der Waals surface area contributed by atoms with Crippen molar-refractivity contribution in [3.05, 3.63) is 67.5 Å². The summed E-state index contributed by atoms with van der Waals surface area (Å²) >= 11 is 1.26. The van der Waals surface area contributed by atoms with Gasteiger partial charge in [-0.1, -0.05) is 44.2 Å². The van der Waals surface area contributed by atoms with Gasteiger partial charge in [-0.15, -0.1) is 11.3 Å². The van der Waals surface area contributed by atoms with Crippen LogP contribution < -0.4 is 22.2 Å². The lowest BCUT2D eigenvalue weighted by atomic mass is 9.81. The van der Waals surface area contributed by atoms with Crippen molar-refractivity contribution in [3.8, 4) is 0 Å². The third-order valence-electron chi connectivity index (χ3n) is 5.58. The van der Waals surface area contributed by atoms with Crippen molar-refractivity contribution in [1.82, 2.24) is 15.1 Å². The van der Waals surface area contributed by atoms with Crippen molar-refractivity contribution < 1.29 is 14.8 Å². The van der Waals surface area contributed by atoms with Gasteiger partial charge in [-0.05, 0) is 37.2 Å². The van der Waals surface area contributed by atoms with Crippen LogP contribution in [0.2, 0.25) is 0 Å². The number of carbonyl (C=O) groups excluding carboxylic acids is 2. The van der Waals surface area contributed by atoms with Crippen molar-refractivity contribution in [2.75, 3.05) is 5.43 Å². The molecule has 0 fully saturated rings. The molecule has 176 valence electrons. The molecule has 0 unspecified atom stereocenters. The second kappa shape index (κ2) is 11.1. The number of rotatable bonds is 10. The summed E-state index contributed by atoms with van der Waals surface area (Å²) in [5, 5.41) is 12.8. The van der Waals surface area contributed by atoms with E-state index in [-0.39, 0.29) is 11.3 Å². The smallest absolute Gasteiger partial charge is 0.304 e. The lowest BCUT2D eigenvalue weighted by molar-refractivity contribution is -0.139. The summed E-state index contributed by atoms with van der Waals surface area (Å²) in [6.07, 6.45) is 2.01. The number of nitrogens with zero attached hydrogens (tertiary/aromatic N) is 1. The number of benzene rings is 1. The molecule has 0 saturated carbocycles. The first kappa shape index (κ1) is 24.4. The Balaban J connectivity index is 1.84. The predicted octanol–water partition coefficient (Wildman–Crippen LogP) is 2.63. The zero-order chi connectivity index (χ0) is 24.0. The minimum absolute atomic E-state index is 0.0539. The number of nitrogens with one attached hydrogen (secondary N) is 3. The van der Waals surface area contributed by atoms with Gasteiger partial charge in [0.2, 0.25) is 11.8 Å². The number of fused-ring (bicyclic) bond motifs is 1. The average molecular weight is 473 g/mol. The molecule has 2 atom stereocenters. The van der Waals surface area contributed by atoms with E-state index in [2.05, 4.69) is 10.4 Å². The zero-order valence-electron chi connectivity index (χ0n) is 18.5. The number of aryl methyl sites for hydroxylation is 1. The molecule has 0 bridgehead atoms. The van der Waals surface area contributed by atoms with Crippen LogP contribution in [-0.2, 0) is 16.0 Å². The lowest BCUT2D eigenvalue weighted by Crippen LogP contribution is -2.48. The molecule has 0 aliphatic heterocycles. The zero-order valence-corrected chi connectivity index (χ0v) is 19.4. The fraction of sp³-hybridized carbons (Fsp3) is 0.391. The van der Waals surface area contributed by atoms with Crippen LogP contribution in [0, 0.1) is 17.8 Å². The van der Waals surface area contributed by atoms with E-state index in [1.165, 1.54) is 11.3 Å². The standard InChI is InChI=1S/C23H28N4O5S/c1-14(2)11-17(16(21(29)26-32)10-6-9-15-7-4-3-5-8-15)20(28)25-27-22(30)18-12-33-13-19(18)24-23(27)31/h3-5,7-8,12-14,16-17,32H,6,9-11H2,1-2H3,(H,24,31)(H,25,28)(H,26,29)/t16-,17+/m0/s1. The molecule has 0 aliphatic rings. The molecule has 3 aromatic rings. The van der Waals surface area contributed by atoms with Crippen molar-refractivity contribution in [1.29, 1.82) is 0 Å². The Kier molecular flexibility index (Phi) is 8.18. The molecule has 9 nitrogen and oxygen atoms in total. The monoisotopic (exact) mass is 472 g/mol. The Morgan fingerprint density at radius 2 is 1.82 bits per heavy atom. The van der Waals surface area contributed by atoms with E-state index in [0.717, 1.165) is 5.56 Å². The average Bonchev–Trinajstić information content (AvgIpc) is 3.26. The molecule has 0 aliphatic carbocycles. The molecule has 4 N–H and O–H groups in total. The summed E-state index contributed by atoms with van der Waals surface area (Å²) in [6.45, 7) is 3.82. The summed E-state index contributed by atoms with van der Waals surface area (Å²) in [6, 6.07) is 9.76. The number of hydrogen-bond donors (Lipinski definition) is 4. The summed E-state index contributed by atoms with van der Waals surface area (Å²) in [5.41, 5.74) is 4.17. The minimum Gasteiger partial charge on any atom is -0.304 e. The fourth-order valence-electron chi connectivity index (χ4n) is 3.97. The highest BCUT2D eigenvalue weighted by Crippen LogP contribution is 2.26. The number of aromatic nitrogens is 2. The van der Waals surface area contributed by atoms with Crippen molar-refractivity contribution >= 4 is 34.1 Å². The highest BCUT2D eigenvalue weighted by molar-refractivity contribution is 7.09. The third-order valence-corrected chi connectivity index (χ3v) is 6.32. The first-order chi connectivity index (χ1) is 15.8. The van der Waals surface area contributed by atoms with Gasteiger partial charge in [-0.3, -0.25) is 25.0 Å². The van der Waals surface area contributed by atoms with Gasteiger partial charge in [0.15, 0.2) is 0 Å². The van der Waals surface area contributed by atoms with E-state index < -0.39 is 34.9 Å². The highest BCUT2D eigenvalue weighted by atomic mass is 32.1. The quantitative estimate of drug-likeness (QED) is 0.266. The van der Waals surface area contributed by atoms with E-state index >= 15 is 0 Å². The number of thiophene rings is 1. The molecular formula is C23H28N4O5S. The number of aromatic amines is 1. The van der Waals surface area contributed by atoms with E-state index in [4.69, 9.17) is 0 Å². The molecule has 2 heterocycles. The molecule has 33 heavy (non-hydrogen) atoms. The highest BCUT2D eigenvalue weighted by Gasteiger charge is 2.34. The van der Waals surface area contributed by atoms with Gasteiger partial charge >= 0.3 is 5.69 Å². The van der Waals surface area contributed by atoms with Gasteiger partial charge in [-0.25, -0.2) is 10.3 Å². The maximum absolute atomic E-state index is 13.2. The van der Waals surface area contributed by atoms with E-state index in [0.29, 0.717) is 35.9 Å². The second-order valence-electron chi connectivity index (χ2n) is 8.44. The van der Waals surface area contributed by atoms with E-state index in [1.54, 1.807) is 16.2 Å². The third kappa shape index (κ3) is 5.96. The summed E-state index contributed by atoms with van der Waals surface area (Å²) in [4.78, 5) is 53.4. The van der Waals surface area contributed by atoms with Crippen LogP contribution in [0.4, 0.5) is 0 Å². The van der Waals surface area contributed by atoms with Crippen LogP contribution in [0.15, 0.2) is 50.7 Å². The predicted molar refractivity (Wildman–Crippen MR) is 127 cm³/mol. The van der Waals surface area contributed by atoms with E-state index in [9.17, 15) is 24.4 Å². The second-order valence-corrected chi connectivity index (χ2v) is 9.19. The van der Waals surface area contributed by atoms with Crippen molar-refractivity contribution in [3.63, 3.8) is 0 Å². The lowest BCUT2D eigenvalue weighted by Gasteiger charge is -2.26. The first-order valence-electron chi connectivity index (χ1n) is 10.8. The van der Waals surface area contributed by atoms with Crippen LogP contribution in [0.1, 0.15) is 38.7 Å². The van der Waals surface area contributed by atoms with Crippen LogP contribution >= 0.6 is 11.3 Å². The SMILES string of the molecule is CC(C)C[C@@H](C(=O)Nn1c(=O)[nH]c2cscc2c1=O)[C@H](CCCc1ccccc1)C(=O)NO. The summed E-state index contributed by atoms with van der Waals surface area (Å²) in [7, 11) is 0. The number of hydrogen-bond acceptors (Lipinski definition) is 6. The number of carbonyl (C=O) groups is 2.